The van der Waals surface area contributed by atoms with Gasteiger partial charge in [0.05, 0.1) is 4.90 Å². The molecule has 0 unspecified atom stereocenters. The number of carbonyl (C=O) groups excluding carboxylic acids is 1. The predicted octanol–water partition coefficient (Wildman–Crippen LogP) is 3.35. The number of benzene rings is 2. The van der Waals surface area contributed by atoms with Gasteiger partial charge in [0.25, 0.3) is 0 Å². The molecular weight excluding hydrogens is 428 g/mol. The lowest BCUT2D eigenvalue weighted by Crippen LogP contribution is -2.31. The first kappa shape index (κ1) is 22.4. The zero-order valence-corrected chi connectivity index (χ0v) is 18.8. The summed E-state index contributed by atoms with van der Waals surface area (Å²) >= 11 is 0. The highest BCUT2D eigenvalue weighted by molar-refractivity contribution is 7.89. The topological polar surface area (TPSA) is 84.9 Å². The molecule has 8 heteroatoms. The van der Waals surface area contributed by atoms with Crippen LogP contribution >= 0.6 is 0 Å². The van der Waals surface area contributed by atoms with Crippen molar-refractivity contribution in [3.63, 3.8) is 0 Å². The Kier molecular flexibility index (Phi) is 7.12. The average molecular weight is 457 g/mol. The van der Waals surface area contributed by atoms with Gasteiger partial charge in [0.1, 0.15) is 13.2 Å². The first-order chi connectivity index (χ1) is 15.5. The summed E-state index contributed by atoms with van der Waals surface area (Å²) in [5.41, 5.74) is 1.61. The molecule has 0 bridgehead atoms. The van der Waals surface area contributed by atoms with E-state index in [2.05, 4.69) is 5.32 Å². The van der Waals surface area contributed by atoms with E-state index in [0.717, 1.165) is 36.8 Å². The van der Waals surface area contributed by atoms with E-state index in [1.807, 2.05) is 18.2 Å². The molecule has 7 nitrogen and oxygen atoms in total. The highest BCUT2D eigenvalue weighted by Gasteiger charge is 2.24. The molecule has 0 aromatic heterocycles. The summed E-state index contributed by atoms with van der Waals surface area (Å²) in [4.78, 5) is 12.5. The molecule has 2 aliphatic rings. The Morgan fingerprint density at radius 1 is 0.969 bits per heavy atom. The fourth-order valence-corrected chi connectivity index (χ4v) is 5.39. The van der Waals surface area contributed by atoms with Crippen LogP contribution in [-0.2, 0) is 21.4 Å². The van der Waals surface area contributed by atoms with E-state index in [1.165, 1.54) is 6.08 Å². The summed E-state index contributed by atoms with van der Waals surface area (Å²) in [5.74, 6) is 1.11. The number of rotatable bonds is 6. The molecule has 0 radical (unpaired) electrons. The van der Waals surface area contributed by atoms with Gasteiger partial charge in [0.2, 0.25) is 15.9 Å². The molecule has 2 aromatic rings. The van der Waals surface area contributed by atoms with E-state index in [-0.39, 0.29) is 10.8 Å². The van der Waals surface area contributed by atoms with Gasteiger partial charge < -0.3 is 14.8 Å². The van der Waals surface area contributed by atoms with Crippen LogP contribution in [0.1, 0.15) is 36.8 Å². The quantitative estimate of drug-likeness (QED) is 0.674. The normalized spacial score (nSPS) is 17.1. The molecule has 0 atom stereocenters. The third kappa shape index (κ3) is 5.31. The Labute approximate surface area is 189 Å². The monoisotopic (exact) mass is 456 g/mol. The molecule has 2 aromatic carbocycles. The minimum Gasteiger partial charge on any atom is -0.486 e. The maximum atomic E-state index is 12.9. The van der Waals surface area contributed by atoms with E-state index < -0.39 is 10.0 Å². The van der Waals surface area contributed by atoms with E-state index >= 15 is 0 Å². The van der Waals surface area contributed by atoms with Crippen molar-refractivity contribution in [2.45, 2.75) is 37.1 Å². The largest absolute Gasteiger partial charge is 0.486 e. The van der Waals surface area contributed by atoms with Crippen molar-refractivity contribution in [2.75, 3.05) is 26.3 Å². The van der Waals surface area contributed by atoms with Crippen molar-refractivity contribution in [3.8, 4) is 11.5 Å². The number of carbonyl (C=O) groups is 1. The minimum absolute atomic E-state index is 0.249. The van der Waals surface area contributed by atoms with Gasteiger partial charge in [-0.2, -0.15) is 4.31 Å². The standard InChI is InChI=1S/C24H28N2O5S/c27-23(25-18-20-6-5-7-22-24(20)31-17-16-30-22)13-10-19-8-11-21(12-9-19)32(28,29)26-14-3-1-2-4-15-26/h5-13H,1-4,14-18H2,(H,25,27). The van der Waals surface area contributed by atoms with Crippen LogP contribution in [0.25, 0.3) is 6.08 Å². The van der Waals surface area contributed by atoms with Gasteiger partial charge in [0.15, 0.2) is 11.5 Å². The fourth-order valence-electron chi connectivity index (χ4n) is 3.87. The Morgan fingerprint density at radius 2 is 1.69 bits per heavy atom. The summed E-state index contributed by atoms with van der Waals surface area (Å²) < 4.78 is 38.5. The molecule has 4 rings (SSSR count). The third-order valence-corrected chi connectivity index (χ3v) is 7.52. The summed E-state index contributed by atoms with van der Waals surface area (Å²) in [6.07, 6.45) is 7.06. The molecular formula is C24H28N2O5S. The maximum absolute atomic E-state index is 12.9. The van der Waals surface area contributed by atoms with E-state index in [4.69, 9.17) is 9.47 Å². The lowest BCUT2D eigenvalue weighted by molar-refractivity contribution is -0.116. The van der Waals surface area contributed by atoms with Gasteiger partial charge in [-0.05, 0) is 42.7 Å². The SMILES string of the molecule is O=C(C=Cc1ccc(S(=O)(=O)N2CCCCCC2)cc1)NCc1cccc2c1OCCO2. The molecule has 1 saturated heterocycles. The number of hydrogen-bond acceptors (Lipinski definition) is 5. The molecule has 0 aliphatic carbocycles. The van der Waals surface area contributed by atoms with Crippen molar-refractivity contribution in [2.24, 2.45) is 0 Å². The van der Waals surface area contributed by atoms with Gasteiger partial charge in [-0.25, -0.2) is 8.42 Å². The zero-order chi connectivity index (χ0) is 22.4. The Hall–Kier alpha value is -2.84. The molecule has 1 amide bonds. The number of fused-ring (bicyclic) bond motifs is 1. The highest BCUT2D eigenvalue weighted by atomic mass is 32.2. The van der Waals surface area contributed by atoms with Gasteiger partial charge >= 0.3 is 0 Å². The average Bonchev–Trinajstić information content (AvgIpc) is 3.12. The number of nitrogens with one attached hydrogen (secondary N) is 1. The smallest absolute Gasteiger partial charge is 0.244 e. The van der Waals surface area contributed by atoms with Crippen LogP contribution in [-0.4, -0.2) is 44.9 Å². The molecule has 2 aliphatic heterocycles. The maximum Gasteiger partial charge on any atom is 0.244 e. The molecule has 2 heterocycles. The van der Waals surface area contributed by atoms with Crippen molar-refractivity contribution >= 4 is 22.0 Å². The Morgan fingerprint density at radius 3 is 2.44 bits per heavy atom. The summed E-state index contributed by atoms with van der Waals surface area (Å²) in [6.45, 7) is 2.48. The first-order valence-corrected chi connectivity index (χ1v) is 12.4. The number of sulfonamides is 1. The number of hydrogen-bond donors (Lipinski definition) is 1. The molecule has 1 fully saturated rings. The second-order valence-corrected chi connectivity index (χ2v) is 9.82. The van der Waals surface area contributed by atoms with Crippen LogP contribution in [0.3, 0.4) is 0 Å². The van der Waals surface area contributed by atoms with Crippen LogP contribution in [0.2, 0.25) is 0 Å². The second kappa shape index (κ2) is 10.2. The van der Waals surface area contributed by atoms with Crippen LogP contribution in [0, 0.1) is 0 Å². The summed E-state index contributed by atoms with van der Waals surface area (Å²) in [7, 11) is -3.47. The van der Waals surface area contributed by atoms with E-state index in [9.17, 15) is 13.2 Å². The van der Waals surface area contributed by atoms with E-state index in [0.29, 0.717) is 44.3 Å². The zero-order valence-electron chi connectivity index (χ0n) is 18.0. The lowest BCUT2D eigenvalue weighted by atomic mass is 10.1. The Balaban J connectivity index is 1.35. The molecule has 170 valence electrons. The second-order valence-electron chi connectivity index (χ2n) is 7.88. The Bertz CT molecular complexity index is 1070. The van der Waals surface area contributed by atoms with Crippen molar-refractivity contribution < 1.29 is 22.7 Å². The van der Waals surface area contributed by atoms with Crippen molar-refractivity contribution in [1.29, 1.82) is 0 Å². The molecule has 1 N–H and O–H groups in total. The summed E-state index contributed by atoms with van der Waals surface area (Å²) in [6, 6.07) is 12.2. The van der Waals surface area contributed by atoms with Gasteiger partial charge in [-0.3, -0.25) is 4.79 Å². The van der Waals surface area contributed by atoms with E-state index in [1.54, 1.807) is 34.6 Å². The van der Waals surface area contributed by atoms with Crippen LogP contribution < -0.4 is 14.8 Å². The highest BCUT2D eigenvalue weighted by Crippen LogP contribution is 2.33. The lowest BCUT2D eigenvalue weighted by Gasteiger charge is -2.20. The molecule has 0 saturated carbocycles. The van der Waals surface area contributed by atoms with Crippen LogP contribution in [0.5, 0.6) is 11.5 Å². The predicted molar refractivity (Wildman–Crippen MR) is 122 cm³/mol. The number of nitrogens with zero attached hydrogens (tertiary/aromatic N) is 1. The molecule has 32 heavy (non-hydrogen) atoms. The number of ether oxygens (including phenoxy) is 2. The number of para-hydroxylation sites is 1. The number of amides is 1. The van der Waals surface area contributed by atoms with Gasteiger partial charge in [0, 0.05) is 31.3 Å². The van der Waals surface area contributed by atoms with Gasteiger partial charge in [-0.15, -0.1) is 0 Å². The van der Waals surface area contributed by atoms with Crippen molar-refractivity contribution in [1.82, 2.24) is 9.62 Å². The minimum atomic E-state index is -3.47. The van der Waals surface area contributed by atoms with Gasteiger partial charge in [-0.1, -0.05) is 37.1 Å². The van der Waals surface area contributed by atoms with Crippen molar-refractivity contribution in [3.05, 3.63) is 59.7 Å². The fraction of sp³-hybridized carbons (Fsp3) is 0.375. The van der Waals surface area contributed by atoms with Crippen LogP contribution in [0.4, 0.5) is 0 Å². The molecule has 0 spiro atoms. The summed E-state index contributed by atoms with van der Waals surface area (Å²) in [5, 5.41) is 2.84. The van der Waals surface area contributed by atoms with Crippen LogP contribution in [0.15, 0.2) is 53.4 Å². The first-order valence-electron chi connectivity index (χ1n) is 11.0. The third-order valence-electron chi connectivity index (χ3n) is 5.61.